The van der Waals surface area contributed by atoms with Gasteiger partial charge >= 0.3 is 5.97 Å². The molecule has 0 saturated heterocycles. The lowest BCUT2D eigenvalue weighted by molar-refractivity contribution is -0.120. The molecule has 17 heavy (non-hydrogen) atoms. The zero-order valence-electron chi connectivity index (χ0n) is 9.51. The molecule has 0 saturated carbocycles. The van der Waals surface area contributed by atoms with E-state index in [-0.39, 0.29) is 18.1 Å². The Kier molecular flexibility index (Phi) is 5.08. The Labute approximate surface area is 98.0 Å². The van der Waals surface area contributed by atoms with E-state index >= 15 is 0 Å². The van der Waals surface area contributed by atoms with Crippen LogP contribution in [0.4, 0.5) is 0 Å². The molecule has 1 heterocycles. The first-order chi connectivity index (χ1) is 8.13. The second kappa shape index (κ2) is 6.59. The van der Waals surface area contributed by atoms with E-state index in [4.69, 9.17) is 5.11 Å². The summed E-state index contributed by atoms with van der Waals surface area (Å²) in [6.07, 6.45) is 1.34. The first-order valence-corrected chi connectivity index (χ1v) is 5.24. The normalized spacial score (nSPS) is 10.2. The second-order valence-electron chi connectivity index (χ2n) is 3.30. The number of carbonyl (C=O) groups excluding carboxylic acids is 1. The molecule has 0 atom stereocenters. The Morgan fingerprint density at radius 1 is 1.53 bits per heavy atom. The molecule has 0 aliphatic rings. The zero-order valence-corrected chi connectivity index (χ0v) is 9.51. The standard InChI is InChI=1S/C9H15N5O3/c1-2-11-8(15)5-10-3-4-14-6-7(9(16)17)12-13-14/h6,10H,2-5H2,1H3,(H,11,15)(H,16,17). The Morgan fingerprint density at radius 3 is 2.88 bits per heavy atom. The highest BCUT2D eigenvalue weighted by Crippen LogP contribution is 1.91. The summed E-state index contributed by atoms with van der Waals surface area (Å²) in [5, 5.41) is 21.3. The van der Waals surface area contributed by atoms with Crippen LogP contribution in [-0.2, 0) is 11.3 Å². The number of aromatic carboxylic acids is 1. The van der Waals surface area contributed by atoms with Crippen LogP contribution in [0.3, 0.4) is 0 Å². The Hall–Kier alpha value is -1.96. The zero-order chi connectivity index (χ0) is 12.7. The smallest absolute Gasteiger partial charge is 0.358 e. The number of likely N-dealkylation sites (N-methyl/N-ethyl adjacent to an activating group) is 1. The molecule has 0 bridgehead atoms. The van der Waals surface area contributed by atoms with Crippen LogP contribution in [-0.4, -0.2) is 51.6 Å². The minimum atomic E-state index is -1.11. The molecule has 0 aromatic carbocycles. The van der Waals surface area contributed by atoms with Gasteiger partial charge in [-0.05, 0) is 6.92 Å². The number of carbonyl (C=O) groups is 2. The van der Waals surface area contributed by atoms with Crippen molar-refractivity contribution >= 4 is 11.9 Å². The molecule has 1 aromatic heterocycles. The molecule has 1 amide bonds. The number of nitrogens with one attached hydrogen (secondary N) is 2. The molecule has 1 aromatic rings. The third-order valence-corrected chi connectivity index (χ3v) is 1.93. The summed E-state index contributed by atoms with van der Waals surface area (Å²) in [6, 6.07) is 0. The van der Waals surface area contributed by atoms with Gasteiger partial charge in [0.15, 0.2) is 5.69 Å². The molecule has 0 spiro atoms. The second-order valence-corrected chi connectivity index (χ2v) is 3.30. The molecular formula is C9H15N5O3. The molecule has 8 heteroatoms. The minimum Gasteiger partial charge on any atom is -0.476 e. The molecule has 8 nitrogen and oxygen atoms in total. The molecule has 0 radical (unpaired) electrons. The highest BCUT2D eigenvalue weighted by Gasteiger charge is 2.07. The van der Waals surface area contributed by atoms with Crippen molar-refractivity contribution in [3.05, 3.63) is 11.9 Å². The number of carboxylic acids is 1. The van der Waals surface area contributed by atoms with Crippen molar-refractivity contribution in [1.29, 1.82) is 0 Å². The molecule has 1 rings (SSSR count). The molecule has 94 valence electrons. The predicted octanol–water partition coefficient (Wildman–Crippen LogP) is -1.30. The fourth-order valence-electron chi connectivity index (χ4n) is 1.16. The van der Waals surface area contributed by atoms with Crippen LogP contribution in [0.25, 0.3) is 0 Å². The molecular weight excluding hydrogens is 226 g/mol. The van der Waals surface area contributed by atoms with Crippen LogP contribution in [0, 0.1) is 0 Å². The fourth-order valence-corrected chi connectivity index (χ4v) is 1.16. The summed E-state index contributed by atoms with van der Waals surface area (Å²) < 4.78 is 1.41. The van der Waals surface area contributed by atoms with Crippen LogP contribution < -0.4 is 10.6 Å². The van der Waals surface area contributed by atoms with E-state index in [1.165, 1.54) is 10.9 Å². The van der Waals surface area contributed by atoms with Crippen molar-refractivity contribution in [3.63, 3.8) is 0 Å². The predicted molar refractivity (Wildman–Crippen MR) is 58.5 cm³/mol. The fraction of sp³-hybridized carbons (Fsp3) is 0.556. The number of amides is 1. The van der Waals surface area contributed by atoms with Crippen molar-refractivity contribution in [2.24, 2.45) is 0 Å². The van der Waals surface area contributed by atoms with Gasteiger partial charge in [0.1, 0.15) is 0 Å². The van der Waals surface area contributed by atoms with Gasteiger partial charge in [0.05, 0.1) is 19.3 Å². The average molecular weight is 241 g/mol. The van der Waals surface area contributed by atoms with Gasteiger partial charge in [-0.15, -0.1) is 5.10 Å². The maximum absolute atomic E-state index is 11.1. The number of carboxylic acid groups (broad SMARTS) is 1. The molecule has 0 unspecified atom stereocenters. The quantitative estimate of drug-likeness (QED) is 0.512. The number of hydrogen-bond donors (Lipinski definition) is 3. The van der Waals surface area contributed by atoms with Crippen molar-refractivity contribution in [1.82, 2.24) is 25.6 Å². The van der Waals surface area contributed by atoms with E-state index in [1.807, 2.05) is 6.92 Å². The summed E-state index contributed by atoms with van der Waals surface area (Å²) in [7, 11) is 0. The van der Waals surface area contributed by atoms with Gasteiger partial charge in [0.25, 0.3) is 0 Å². The van der Waals surface area contributed by atoms with Crippen molar-refractivity contribution in [2.45, 2.75) is 13.5 Å². The number of aromatic nitrogens is 3. The van der Waals surface area contributed by atoms with Crippen molar-refractivity contribution in [3.8, 4) is 0 Å². The topological polar surface area (TPSA) is 109 Å². The van der Waals surface area contributed by atoms with E-state index in [2.05, 4.69) is 20.9 Å². The number of hydrogen-bond acceptors (Lipinski definition) is 5. The van der Waals surface area contributed by atoms with Crippen LogP contribution in [0.15, 0.2) is 6.20 Å². The minimum absolute atomic E-state index is 0.0719. The van der Waals surface area contributed by atoms with Gasteiger partial charge in [0.2, 0.25) is 5.91 Å². The molecule has 0 aliphatic carbocycles. The summed E-state index contributed by atoms with van der Waals surface area (Å²) in [5.41, 5.74) is -0.0891. The van der Waals surface area contributed by atoms with Crippen LogP contribution in [0.2, 0.25) is 0 Å². The van der Waals surface area contributed by atoms with E-state index in [0.29, 0.717) is 19.6 Å². The Bertz CT molecular complexity index is 390. The number of rotatable bonds is 7. The summed E-state index contributed by atoms with van der Waals surface area (Å²) in [4.78, 5) is 21.6. The molecule has 0 fully saturated rings. The molecule has 3 N–H and O–H groups in total. The Balaban J connectivity index is 2.22. The Morgan fingerprint density at radius 2 is 2.29 bits per heavy atom. The van der Waals surface area contributed by atoms with Gasteiger partial charge < -0.3 is 15.7 Å². The van der Waals surface area contributed by atoms with Gasteiger partial charge in [0, 0.05) is 13.1 Å². The summed E-state index contributed by atoms with van der Waals surface area (Å²) >= 11 is 0. The van der Waals surface area contributed by atoms with Gasteiger partial charge in [-0.2, -0.15) is 0 Å². The first kappa shape index (κ1) is 13.1. The number of nitrogens with zero attached hydrogens (tertiary/aromatic N) is 3. The lowest BCUT2D eigenvalue weighted by atomic mass is 10.5. The van der Waals surface area contributed by atoms with Gasteiger partial charge in [-0.25, -0.2) is 4.79 Å². The highest BCUT2D eigenvalue weighted by molar-refractivity contribution is 5.84. The maximum Gasteiger partial charge on any atom is 0.358 e. The van der Waals surface area contributed by atoms with E-state index in [1.54, 1.807) is 0 Å². The van der Waals surface area contributed by atoms with Crippen LogP contribution in [0.1, 0.15) is 17.4 Å². The SMILES string of the molecule is CCNC(=O)CNCCn1cc(C(=O)O)nn1. The monoisotopic (exact) mass is 241 g/mol. The summed E-state index contributed by atoms with van der Waals surface area (Å²) in [6.45, 7) is 3.65. The maximum atomic E-state index is 11.1. The summed E-state index contributed by atoms with van der Waals surface area (Å²) in [5.74, 6) is -1.18. The first-order valence-electron chi connectivity index (χ1n) is 5.24. The van der Waals surface area contributed by atoms with Crippen molar-refractivity contribution < 1.29 is 14.7 Å². The van der Waals surface area contributed by atoms with E-state index in [0.717, 1.165) is 0 Å². The average Bonchev–Trinajstić information content (AvgIpc) is 2.73. The third-order valence-electron chi connectivity index (χ3n) is 1.93. The van der Waals surface area contributed by atoms with Gasteiger partial charge in [-0.3, -0.25) is 9.48 Å². The largest absolute Gasteiger partial charge is 0.476 e. The van der Waals surface area contributed by atoms with Gasteiger partial charge in [-0.1, -0.05) is 5.21 Å². The van der Waals surface area contributed by atoms with E-state index < -0.39 is 5.97 Å². The lowest BCUT2D eigenvalue weighted by Crippen LogP contribution is -2.35. The lowest BCUT2D eigenvalue weighted by Gasteiger charge is -2.04. The highest BCUT2D eigenvalue weighted by atomic mass is 16.4. The van der Waals surface area contributed by atoms with E-state index in [9.17, 15) is 9.59 Å². The molecule has 0 aliphatic heterocycles. The third kappa shape index (κ3) is 4.60. The van der Waals surface area contributed by atoms with Crippen molar-refractivity contribution in [2.75, 3.05) is 19.6 Å². The van der Waals surface area contributed by atoms with Crippen LogP contribution >= 0.6 is 0 Å². The van der Waals surface area contributed by atoms with Crippen LogP contribution in [0.5, 0.6) is 0 Å².